The zero-order chi connectivity index (χ0) is 16.1. The molecule has 120 valence electrons. The molecule has 1 amide bonds. The van der Waals surface area contributed by atoms with Crippen LogP contribution in [0.5, 0.6) is 0 Å². The van der Waals surface area contributed by atoms with E-state index in [-0.39, 0.29) is 0 Å². The molecule has 22 heavy (non-hydrogen) atoms. The molecule has 0 spiro atoms. The molecule has 4 rings (SSSR count). The van der Waals surface area contributed by atoms with Crippen molar-refractivity contribution < 1.29 is 9.59 Å². The van der Waals surface area contributed by atoms with E-state index < -0.39 is 5.91 Å². The van der Waals surface area contributed by atoms with E-state index in [0.29, 0.717) is 11.5 Å². The van der Waals surface area contributed by atoms with E-state index in [1.807, 2.05) is 6.92 Å². The fourth-order valence-corrected chi connectivity index (χ4v) is 3.96. The van der Waals surface area contributed by atoms with E-state index in [2.05, 4.69) is 11.9 Å². The fraction of sp³-hybridized carbons (Fsp3) is 0.588. The lowest BCUT2D eigenvalue weighted by Crippen LogP contribution is -2.42. The van der Waals surface area contributed by atoms with Crippen molar-refractivity contribution in [3.05, 3.63) is 23.9 Å². The molecule has 2 unspecified atom stereocenters. The molecule has 2 N–H and O–H groups in total. The molecule has 1 aromatic rings. The first-order chi connectivity index (χ1) is 10.5. The van der Waals surface area contributed by atoms with Gasteiger partial charge in [-0.1, -0.05) is 13.8 Å². The minimum absolute atomic E-state index is 0.417. The predicted molar refractivity (Wildman–Crippen MR) is 88.7 cm³/mol. The summed E-state index contributed by atoms with van der Waals surface area (Å²) < 4.78 is 0. The summed E-state index contributed by atoms with van der Waals surface area (Å²) >= 11 is 1.63. The standard InChI is InChI=1S/C9H14O.C8H10N2OS/c1-6-8-2-7(5-10)3-9(6)4-8;1-2-12-7-4-3-6(5-10-7)8(9)11/h5-9H,2-4H2,1H3;3-5H,2H2,1H3,(H2,9,11). The third-order valence-electron chi connectivity index (χ3n) is 4.81. The number of primary amides is 1. The van der Waals surface area contributed by atoms with Crippen LogP contribution in [0.15, 0.2) is 23.4 Å². The highest BCUT2D eigenvalue weighted by atomic mass is 32.2. The number of nitrogens with zero attached hydrogens (tertiary/aromatic N) is 1. The first-order valence-corrected chi connectivity index (χ1v) is 8.87. The highest BCUT2D eigenvalue weighted by molar-refractivity contribution is 7.99. The molecule has 3 aliphatic carbocycles. The molecule has 1 heterocycles. The van der Waals surface area contributed by atoms with E-state index in [4.69, 9.17) is 5.73 Å². The minimum Gasteiger partial charge on any atom is -0.366 e. The van der Waals surface area contributed by atoms with Crippen LogP contribution < -0.4 is 5.73 Å². The van der Waals surface area contributed by atoms with Gasteiger partial charge in [-0.25, -0.2) is 4.98 Å². The number of carbonyl (C=O) groups excluding carboxylic acids is 2. The van der Waals surface area contributed by atoms with Gasteiger partial charge in [0.1, 0.15) is 6.29 Å². The third kappa shape index (κ3) is 4.09. The third-order valence-corrected chi connectivity index (χ3v) is 5.64. The molecule has 0 aliphatic heterocycles. The van der Waals surface area contributed by atoms with Gasteiger partial charge in [0.15, 0.2) is 0 Å². The number of amides is 1. The molecule has 1 aromatic heterocycles. The number of rotatable bonds is 4. The van der Waals surface area contributed by atoms with Crippen molar-refractivity contribution in [1.82, 2.24) is 4.98 Å². The average Bonchev–Trinajstić information content (AvgIpc) is 2.55. The molecule has 4 nitrogen and oxygen atoms in total. The second-order valence-corrected chi connectivity index (χ2v) is 7.45. The van der Waals surface area contributed by atoms with Crippen LogP contribution in [0, 0.1) is 23.7 Å². The van der Waals surface area contributed by atoms with Crippen molar-refractivity contribution >= 4 is 24.0 Å². The molecule has 2 atom stereocenters. The van der Waals surface area contributed by atoms with Gasteiger partial charge in [0, 0.05) is 12.1 Å². The van der Waals surface area contributed by atoms with Gasteiger partial charge in [0.25, 0.3) is 0 Å². The Morgan fingerprint density at radius 3 is 2.45 bits per heavy atom. The monoisotopic (exact) mass is 320 g/mol. The normalized spacial score (nSPS) is 28.8. The lowest BCUT2D eigenvalue weighted by Gasteiger charge is -2.50. The number of fused-ring (bicyclic) bond motifs is 2. The molecule has 0 saturated heterocycles. The van der Waals surface area contributed by atoms with Crippen molar-refractivity contribution in [3.8, 4) is 0 Å². The molecule has 3 aliphatic rings. The van der Waals surface area contributed by atoms with Crippen molar-refractivity contribution in [2.24, 2.45) is 29.4 Å². The Bertz CT molecular complexity index is 506. The van der Waals surface area contributed by atoms with Crippen LogP contribution in [-0.4, -0.2) is 22.9 Å². The topological polar surface area (TPSA) is 73.1 Å². The summed E-state index contributed by atoms with van der Waals surface area (Å²) in [5.74, 6) is 3.68. The molecule has 5 heteroatoms. The van der Waals surface area contributed by atoms with Crippen LogP contribution in [0.1, 0.15) is 43.5 Å². The van der Waals surface area contributed by atoms with Gasteiger partial charge in [-0.3, -0.25) is 4.79 Å². The van der Waals surface area contributed by atoms with E-state index >= 15 is 0 Å². The van der Waals surface area contributed by atoms with E-state index in [0.717, 1.165) is 34.8 Å². The molecule has 3 fully saturated rings. The summed E-state index contributed by atoms with van der Waals surface area (Å²) in [6, 6.07) is 3.49. The quantitative estimate of drug-likeness (QED) is 0.683. The number of nitrogens with two attached hydrogens (primary N) is 1. The fourth-order valence-electron chi connectivity index (χ4n) is 3.37. The van der Waals surface area contributed by atoms with Crippen LogP contribution in [0.2, 0.25) is 0 Å². The molecular formula is C17H24N2O2S. The molecular weight excluding hydrogens is 296 g/mol. The van der Waals surface area contributed by atoms with E-state index in [9.17, 15) is 9.59 Å². The lowest BCUT2D eigenvalue weighted by atomic mass is 9.55. The summed E-state index contributed by atoms with van der Waals surface area (Å²) in [5.41, 5.74) is 5.51. The Balaban J connectivity index is 0.000000162. The van der Waals surface area contributed by atoms with Crippen LogP contribution in [0.3, 0.4) is 0 Å². The first-order valence-electron chi connectivity index (χ1n) is 7.89. The highest BCUT2D eigenvalue weighted by Crippen LogP contribution is 2.51. The number of hydrogen-bond acceptors (Lipinski definition) is 4. The number of aromatic nitrogens is 1. The smallest absolute Gasteiger partial charge is 0.250 e. The summed E-state index contributed by atoms with van der Waals surface area (Å²) in [4.78, 5) is 25.1. The second kappa shape index (κ2) is 7.77. The number of aldehydes is 1. The second-order valence-electron chi connectivity index (χ2n) is 6.16. The lowest BCUT2D eigenvalue weighted by molar-refractivity contribution is -0.117. The summed E-state index contributed by atoms with van der Waals surface area (Å²) in [6.07, 6.45) is 6.43. The summed E-state index contributed by atoms with van der Waals surface area (Å²) in [7, 11) is 0. The van der Waals surface area contributed by atoms with Crippen molar-refractivity contribution in [3.63, 3.8) is 0 Å². The Labute approximate surface area is 136 Å². The molecule has 0 aromatic carbocycles. The molecule has 2 bridgehead atoms. The predicted octanol–water partition coefficient (Wildman–Crippen LogP) is 3.16. The molecule has 0 radical (unpaired) electrons. The Morgan fingerprint density at radius 2 is 2.05 bits per heavy atom. The van der Waals surface area contributed by atoms with Crippen molar-refractivity contribution in [1.29, 1.82) is 0 Å². The van der Waals surface area contributed by atoms with Gasteiger partial charge in [0.2, 0.25) is 5.91 Å². The van der Waals surface area contributed by atoms with Crippen LogP contribution in [-0.2, 0) is 4.79 Å². The van der Waals surface area contributed by atoms with E-state index in [1.54, 1.807) is 23.9 Å². The average molecular weight is 320 g/mol. The Kier molecular flexibility index (Phi) is 6.00. The number of pyridine rings is 1. The van der Waals surface area contributed by atoms with Gasteiger partial charge in [-0.05, 0) is 54.9 Å². The van der Waals surface area contributed by atoms with Gasteiger partial charge >= 0.3 is 0 Å². The zero-order valence-corrected chi connectivity index (χ0v) is 14.0. The van der Waals surface area contributed by atoms with Crippen LogP contribution >= 0.6 is 11.8 Å². The van der Waals surface area contributed by atoms with Crippen molar-refractivity contribution in [2.75, 3.05) is 5.75 Å². The maximum Gasteiger partial charge on any atom is 0.250 e. The van der Waals surface area contributed by atoms with E-state index in [1.165, 1.54) is 25.5 Å². The first kappa shape index (κ1) is 17.0. The number of thioether (sulfide) groups is 1. The van der Waals surface area contributed by atoms with Gasteiger partial charge in [0.05, 0.1) is 10.6 Å². The van der Waals surface area contributed by atoms with Crippen LogP contribution in [0.4, 0.5) is 0 Å². The Hall–Kier alpha value is -1.36. The van der Waals surface area contributed by atoms with Gasteiger partial charge in [-0.2, -0.15) is 0 Å². The largest absolute Gasteiger partial charge is 0.366 e. The van der Waals surface area contributed by atoms with Gasteiger partial charge < -0.3 is 10.5 Å². The van der Waals surface area contributed by atoms with Crippen LogP contribution in [0.25, 0.3) is 0 Å². The molecule has 3 saturated carbocycles. The Morgan fingerprint density at radius 1 is 1.36 bits per heavy atom. The number of carbonyl (C=O) groups is 2. The number of hydrogen-bond donors (Lipinski definition) is 1. The zero-order valence-electron chi connectivity index (χ0n) is 13.2. The SMILES string of the molecule is CC1C2CC(C=O)CC1C2.CCSc1ccc(C(N)=O)cn1. The maximum absolute atomic E-state index is 10.6. The summed E-state index contributed by atoms with van der Waals surface area (Å²) in [6.45, 7) is 4.38. The maximum atomic E-state index is 10.6. The van der Waals surface area contributed by atoms with Crippen molar-refractivity contribution in [2.45, 2.75) is 38.1 Å². The summed E-state index contributed by atoms with van der Waals surface area (Å²) in [5, 5.41) is 0.919. The van der Waals surface area contributed by atoms with Gasteiger partial charge in [-0.15, -0.1) is 11.8 Å². The minimum atomic E-state index is -0.435. The highest BCUT2D eigenvalue weighted by Gasteiger charge is 2.44.